The molecule has 0 aliphatic carbocycles. The van der Waals surface area contributed by atoms with Crippen molar-refractivity contribution in [2.75, 3.05) is 0 Å². The molecule has 1 N–H and O–H groups in total. The SMILES string of the molecule is Cc1cccc(C)c1OCc1n[nH]c(=S)n1/N=C\c1ccccn1. The smallest absolute Gasteiger partial charge is 0.216 e. The molecule has 0 radical (unpaired) electrons. The van der Waals surface area contributed by atoms with E-state index in [2.05, 4.69) is 20.3 Å². The molecular weight excluding hydrogens is 322 g/mol. The zero-order valence-corrected chi connectivity index (χ0v) is 14.2. The largest absolute Gasteiger partial charge is 0.485 e. The quantitative estimate of drug-likeness (QED) is 0.571. The second kappa shape index (κ2) is 7.18. The van der Waals surface area contributed by atoms with E-state index in [1.165, 1.54) is 4.68 Å². The van der Waals surface area contributed by atoms with Crippen LogP contribution in [0.4, 0.5) is 0 Å². The highest BCUT2D eigenvalue weighted by Crippen LogP contribution is 2.23. The van der Waals surface area contributed by atoms with Gasteiger partial charge in [-0.2, -0.15) is 14.9 Å². The minimum Gasteiger partial charge on any atom is -0.485 e. The number of nitrogens with zero attached hydrogens (tertiary/aromatic N) is 4. The average molecular weight is 339 g/mol. The number of aromatic nitrogens is 4. The third-order valence-electron chi connectivity index (χ3n) is 3.47. The fourth-order valence-electron chi connectivity index (χ4n) is 2.27. The summed E-state index contributed by atoms with van der Waals surface area (Å²) in [7, 11) is 0. The van der Waals surface area contributed by atoms with Gasteiger partial charge in [-0.25, -0.2) is 5.10 Å². The summed E-state index contributed by atoms with van der Waals surface area (Å²) < 4.78 is 7.86. The highest BCUT2D eigenvalue weighted by atomic mass is 32.1. The standard InChI is InChI=1S/C17H17N5OS/c1-12-6-5-7-13(2)16(12)23-11-15-20-21-17(24)22(15)19-10-14-8-3-4-9-18-14/h3-10H,11H2,1-2H3,(H,21,24)/b19-10-. The lowest BCUT2D eigenvalue weighted by molar-refractivity contribution is 0.287. The van der Waals surface area contributed by atoms with E-state index in [9.17, 15) is 0 Å². The molecule has 0 amide bonds. The van der Waals surface area contributed by atoms with Gasteiger partial charge in [0.05, 0.1) is 11.9 Å². The normalized spacial score (nSPS) is 11.1. The first-order valence-electron chi connectivity index (χ1n) is 7.46. The van der Waals surface area contributed by atoms with Crippen molar-refractivity contribution in [3.63, 3.8) is 0 Å². The summed E-state index contributed by atoms with van der Waals surface area (Å²) in [6, 6.07) is 11.6. The van der Waals surface area contributed by atoms with E-state index in [-0.39, 0.29) is 6.61 Å². The summed E-state index contributed by atoms with van der Waals surface area (Å²) in [5.74, 6) is 1.45. The molecule has 3 aromatic rings. The summed E-state index contributed by atoms with van der Waals surface area (Å²) in [4.78, 5) is 4.20. The average Bonchev–Trinajstić information content (AvgIpc) is 2.93. The summed E-state index contributed by atoms with van der Waals surface area (Å²) in [6.45, 7) is 4.29. The van der Waals surface area contributed by atoms with E-state index in [0.717, 1.165) is 22.6 Å². The molecule has 6 nitrogen and oxygen atoms in total. The Bertz CT molecular complexity index is 894. The van der Waals surface area contributed by atoms with Crippen LogP contribution in [0.1, 0.15) is 22.6 Å². The van der Waals surface area contributed by atoms with Crippen molar-refractivity contribution in [2.45, 2.75) is 20.5 Å². The Labute approximate surface area is 144 Å². The third kappa shape index (κ3) is 3.57. The molecule has 0 bridgehead atoms. The Balaban J connectivity index is 1.80. The molecule has 24 heavy (non-hydrogen) atoms. The molecule has 0 unspecified atom stereocenters. The van der Waals surface area contributed by atoms with Gasteiger partial charge in [0.15, 0.2) is 5.82 Å². The molecule has 122 valence electrons. The second-order valence-corrected chi connectivity index (χ2v) is 5.65. The Morgan fingerprint density at radius 3 is 2.71 bits per heavy atom. The molecule has 1 aromatic carbocycles. The minimum atomic E-state index is 0.262. The van der Waals surface area contributed by atoms with Gasteiger partial charge in [0, 0.05) is 6.20 Å². The van der Waals surface area contributed by atoms with Crippen LogP contribution in [0.3, 0.4) is 0 Å². The fourth-order valence-corrected chi connectivity index (χ4v) is 2.47. The lowest BCUT2D eigenvalue weighted by Crippen LogP contribution is -2.05. The molecule has 0 spiro atoms. The topological polar surface area (TPSA) is 68.1 Å². The first-order valence-corrected chi connectivity index (χ1v) is 7.86. The highest BCUT2D eigenvalue weighted by Gasteiger charge is 2.09. The Kier molecular flexibility index (Phi) is 4.81. The number of ether oxygens (including phenoxy) is 1. The molecule has 2 heterocycles. The van der Waals surface area contributed by atoms with E-state index in [4.69, 9.17) is 17.0 Å². The number of aromatic amines is 1. The molecule has 0 aliphatic heterocycles. The van der Waals surface area contributed by atoms with Crippen molar-refractivity contribution >= 4 is 18.4 Å². The Morgan fingerprint density at radius 2 is 2.00 bits per heavy atom. The van der Waals surface area contributed by atoms with Crippen LogP contribution in [-0.2, 0) is 6.61 Å². The van der Waals surface area contributed by atoms with Gasteiger partial charge in [-0.05, 0) is 49.3 Å². The van der Waals surface area contributed by atoms with Crippen molar-refractivity contribution in [1.82, 2.24) is 19.9 Å². The number of benzene rings is 1. The summed E-state index contributed by atoms with van der Waals surface area (Å²) in [5.41, 5.74) is 2.89. The van der Waals surface area contributed by atoms with E-state index in [0.29, 0.717) is 10.6 Å². The molecule has 2 aromatic heterocycles. The molecular formula is C17H17N5OS. The molecule has 7 heteroatoms. The molecule has 0 atom stereocenters. The number of hydrogen-bond donors (Lipinski definition) is 1. The van der Waals surface area contributed by atoms with Gasteiger partial charge in [0.25, 0.3) is 0 Å². The van der Waals surface area contributed by atoms with Gasteiger partial charge in [0.1, 0.15) is 12.4 Å². The van der Waals surface area contributed by atoms with E-state index < -0.39 is 0 Å². The maximum absolute atomic E-state index is 5.92. The molecule has 3 rings (SSSR count). The Morgan fingerprint density at radius 1 is 1.21 bits per heavy atom. The van der Waals surface area contributed by atoms with Gasteiger partial charge >= 0.3 is 0 Å². The van der Waals surface area contributed by atoms with E-state index >= 15 is 0 Å². The molecule has 0 saturated carbocycles. The van der Waals surface area contributed by atoms with Crippen molar-refractivity contribution in [1.29, 1.82) is 0 Å². The van der Waals surface area contributed by atoms with E-state index in [1.54, 1.807) is 12.4 Å². The number of nitrogens with one attached hydrogen (secondary N) is 1. The van der Waals surface area contributed by atoms with Crippen LogP contribution < -0.4 is 4.74 Å². The van der Waals surface area contributed by atoms with Gasteiger partial charge in [-0.3, -0.25) is 4.98 Å². The first-order chi connectivity index (χ1) is 11.6. The van der Waals surface area contributed by atoms with Crippen LogP contribution in [0.2, 0.25) is 0 Å². The number of hydrogen-bond acceptors (Lipinski definition) is 5. The Hall–Kier alpha value is -2.80. The van der Waals surface area contributed by atoms with Crippen LogP contribution in [0.15, 0.2) is 47.7 Å². The van der Waals surface area contributed by atoms with Crippen LogP contribution in [-0.4, -0.2) is 26.1 Å². The molecule has 0 aliphatic rings. The van der Waals surface area contributed by atoms with Gasteiger partial charge in [0.2, 0.25) is 4.77 Å². The van der Waals surface area contributed by atoms with Crippen molar-refractivity contribution in [3.05, 3.63) is 70.0 Å². The first kappa shape index (κ1) is 16.1. The lowest BCUT2D eigenvalue weighted by Gasteiger charge is -2.11. The third-order valence-corrected chi connectivity index (χ3v) is 3.73. The van der Waals surface area contributed by atoms with Crippen molar-refractivity contribution in [2.24, 2.45) is 5.10 Å². The zero-order chi connectivity index (χ0) is 16.9. The summed E-state index contributed by atoms with van der Waals surface area (Å²) in [6.07, 6.45) is 3.34. The summed E-state index contributed by atoms with van der Waals surface area (Å²) >= 11 is 5.23. The maximum Gasteiger partial charge on any atom is 0.216 e. The van der Waals surface area contributed by atoms with Crippen molar-refractivity contribution in [3.8, 4) is 5.75 Å². The highest BCUT2D eigenvalue weighted by molar-refractivity contribution is 7.71. The fraction of sp³-hybridized carbons (Fsp3) is 0.176. The number of rotatable bonds is 5. The number of H-pyrrole nitrogens is 1. The molecule has 0 fully saturated rings. The van der Waals surface area contributed by atoms with Crippen molar-refractivity contribution < 1.29 is 4.74 Å². The monoisotopic (exact) mass is 339 g/mol. The minimum absolute atomic E-state index is 0.262. The predicted molar refractivity (Wildman–Crippen MR) is 94.9 cm³/mol. The molecule has 0 saturated heterocycles. The van der Waals surface area contributed by atoms with E-state index in [1.807, 2.05) is 50.2 Å². The lowest BCUT2D eigenvalue weighted by atomic mass is 10.1. The number of aryl methyl sites for hydroxylation is 2. The second-order valence-electron chi connectivity index (χ2n) is 5.27. The number of para-hydroxylation sites is 1. The van der Waals surface area contributed by atoms with Crippen LogP contribution in [0.25, 0.3) is 0 Å². The zero-order valence-electron chi connectivity index (χ0n) is 13.4. The predicted octanol–water partition coefficient (Wildman–Crippen LogP) is 3.41. The van der Waals surface area contributed by atoms with Gasteiger partial charge in [-0.15, -0.1) is 0 Å². The van der Waals surface area contributed by atoms with Crippen LogP contribution in [0, 0.1) is 18.6 Å². The van der Waals surface area contributed by atoms with Crippen LogP contribution >= 0.6 is 12.2 Å². The van der Waals surface area contributed by atoms with Gasteiger partial charge in [-0.1, -0.05) is 24.3 Å². The summed E-state index contributed by atoms with van der Waals surface area (Å²) in [5, 5.41) is 11.3. The maximum atomic E-state index is 5.92. The van der Waals surface area contributed by atoms with Crippen LogP contribution in [0.5, 0.6) is 5.75 Å². The van der Waals surface area contributed by atoms with Gasteiger partial charge < -0.3 is 4.74 Å². The number of pyridine rings is 1.